The number of esters is 1. The van der Waals surface area contributed by atoms with Crippen molar-refractivity contribution in [2.24, 2.45) is 0 Å². The van der Waals surface area contributed by atoms with Crippen molar-refractivity contribution in [1.82, 2.24) is 5.32 Å². The molecule has 1 amide bonds. The molecule has 5 heteroatoms. The van der Waals surface area contributed by atoms with Crippen molar-refractivity contribution in [1.29, 1.82) is 0 Å². The van der Waals surface area contributed by atoms with Crippen LogP contribution in [0.5, 0.6) is 5.75 Å². The van der Waals surface area contributed by atoms with Gasteiger partial charge < -0.3 is 14.8 Å². The van der Waals surface area contributed by atoms with E-state index in [0.717, 1.165) is 0 Å². The standard InChI is InChI=1S/C14H17NO4/c1-4-19-13(16)9-10(2)15-14(17)11-7-5-6-8-12(11)18-3/h5-9H,4H2,1-3H3,(H,15,17). The summed E-state index contributed by atoms with van der Waals surface area (Å²) in [6.07, 6.45) is 1.23. The van der Waals surface area contributed by atoms with Crippen LogP contribution in [0, 0.1) is 0 Å². The number of carbonyl (C=O) groups excluding carboxylic acids is 2. The number of rotatable bonds is 5. The molecule has 19 heavy (non-hydrogen) atoms. The third-order valence-electron chi connectivity index (χ3n) is 2.28. The minimum atomic E-state index is -0.486. The van der Waals surface area contributed by atoms with Gasteiger partial charge in [-0.15, -0.1) is 0 Å². The number of ether oxygens (including phenoxy) is 2. The lowest BCUT2D eigenvalue weighted by atomic mass is 10.2. The quantitative estimate of drug-likeness (QED) is 0.651. The number of para-hydroxylation sites is 1. The first-order valence-corrected chi connectivity index (χ1v) is 5.88. The van der Waals surface area contributed by atoms with Crippen molar-refractivity contribution in [3.8, 4) is 5.75 Å². The summed E-state index contributed by atoms with van der Waals surface area (Å²) < 4.78 is 9.85. The van der Waals surface area contributed by atoms with Gasteiger partial charge in [0.25, 0.3) is 5.91 Å². The third kappa shape index (κ3) is 4.46. The molecule has 1 aromatic carbocycles. The lowest BCUT2D eigenvalue weighted by Crippen LogP contribution is -2.22. The molecule has 0 aliphatic rings. The zero-order valence-electron chi connectivity index (χ0n) is 11.2. The molecule has 0 radical (unpaired) electrons. The second-order valence-electron chi connectivity index (χ2n) is 3.73. The lowest BCUT2D eigenvalue weighted by Gasteiger charge is -2.09. The number of carbonyl (C=O) groups is 2. The van der Waals surface area contributed by atoms with E-state index in [1.165, 1.54) is 13.2 Å². The molecular formula is C14H17NO4. The van der Waals surface area contributed by atoms with Crippen LogP contribution in [0.1, 0.15) is 24.2 Å². The molecule has 0 heterocycles. The highest BCUT2D eigenvalue weighted by molar-refractivity contribution is 5.98. The van der Waals surface area contributed by atoms with Gasteiger partial charge in [-0.25, -0.2) is 4.79 Å². The first-order valence-electron chi connectivity index (χ1n) is 5.88. The zero-order chi connectivity index (χ0) is 14.3. The van der Waals surface area contributed by atoms with Crippen LogP contribution in [-0.4, -0.2) is 25.6 Å². The van der Waals surface area contributed by atoms with Gasteiger partial charge in [0.15, 0.2) is 0 Å². The fourth-order valence-corrected chi connectivity index (χ4v) is 1.48. The number of hydrogen-bond donors (Lipinski definition) is 1. The van der Waals surface area contributed by atoms with Gasteiger partial charge in [-0.3, -0.25) is 4.79 Å². The molecule has 1 N–H and O–H groups in total. The Morgan fingerprint density at radius 1 is 1.32 bits per heavy atom. The van der Waals surface area contributed by atoms with E-state index >= 15 is 0 Å². The van der Waals surface area contributed by atoms with E-state index in [4.69, 9.17) is 9.47 Å². The van der Waals surface area contributed by atoms with Crippen molar-refractivity contribution in [3.63, 3.8) is 0 Å². The van der Waals surface area contributed by atoms with Crippen molar-refractivity contribution < 1.29 is 19.1 Å². The highest BCUT2D eigenvalue weighted by atomic mass is 16.5. The van der Waals surface area contributed by atoms with E-state index in [9.17, 15) is 9.59 Å². The molecule has 0 unspecified atom stereocenters. The van der Waals surface area contributed by atoms with Gasteiger partial charge >= 0.3 is 5.97 Å². The zero-order valence-corrected chi connectivity index (χ0v) is 11.2. The smallest absolute Gasteiger partial charge is 0.332 e. The van der Waals surface area contributed by atoms with E-state index in [1.807, 2.05) is 0 Å². The summed E-state index contributed by atoms with van der Waals surface area (Å²) in [5.41, 5.74) is 0.816. The molecule has 1 aromatic rings. The Balaban J connectivity index is 2.77. The number of hydrogen-bond acceptors (Lipinski definition) is 4. The summed E-state index contributed by atoms with van der Waals surface area (Å²) in [5.74, 6) is -0.347. The third-order valence-corrected chi connectivity index (χ3v) is 2.28. The molecule has 102 valence electrons. The Morgan fingerprint density at radius 3 is 2.63 bits per heavy atom. The number of methoxy groups -OCH3 is 1. The largest absolute Gasteiger partial charge is 0.496 e. The van der Waals surface area contributed by atoms with Crippen LogP contribution in [-0.2, 0) is 9.53 Å². The second kappa shape index (κ2) is 7.20. The van der Waals surface area contributed by atoms with E-state index in [1.54, 1.807) is 38.1 Å². The SMILES string of the molecule is CCOC(=O)C=C(C)NC(=O)c1ccccc1OC. The number of nitrogens with one attached hydrogen (secondary N) is 1. The normalized spacial score (nSPS) is 10.8. The van der Waals surface area contributed by atoms with Crippen LogP contribution in [0.25, 0.3) is 0 Å². The number of allylic oxidation sites excluding steroid dienone is 1. The molecule has 5 nitrogen and oxygen atoms in total. The molecule has 0 fully saturated rings. The molecule has 0 saturated heterocycles. The molecular weight excluding hydrogens is 246 g/mol. The highest BCUT2D eigenvalue weighted by Gasteiger charge is 2.11. The molecule has 0 aromatic heterocycles. The van der Waals surface area contributed by atoms with Crippen LogP contribution in [0.4, 0.5) is 0 Å². The summed E-state index contributed by atoms with van der Waals surface area (Å²) in [4.78, 5) is 23.2. The maximum atomic E-state index is 12.0. The Labute approximate surface area is 112 Å². The van der Waals surface area contributed by atoms with Crippen LogP contribution in [0.2, 0.25) is 0 Å². The van der Waals surface area contributed by atoms with Crippen LogP contribution in [0.3, 0.4) is 0 Å². The van der Waals surface area contributed by atoms with Gasteiger partial charge in [0, 0.05) is 11.8 Å². The molecule has 0 aliphatic carbocycles. The van der Waals surface area contributed by atoms with E-state index < -0.39 is 5.97 Å². The minimum absolute atomic E-state index is 0.295. The molecule has 0 bridgehead atoms. The molecule has 0 saturated carbocycles. The Kier molecular flexibility index (Phi) is 5.60. The fourth-order valence-electron chi connectivity index (χ4n) is 1.48. The van der Waals surface area contributed by atoms with E-state index in [-0.39, 0.29) is 5.91 Å². The number of amides is 1. The van der Waals surface area contributed by atoms with Gasteiger partial charge in [-0.1, -0.05) is 12.1 Å². The van der Waals surface area contributed by atoms with Gasteiger partial charge in [0.05, 0.1) is 19.3 Å². The molecule has 0 aliphatic heterocycles. The van der Waals surface area contributed by atoms with E-state index in [0.29, 0.717) is 23.6 Å². The fraction of sp³-hybridized carbons (Fsp3) is 0.286. The molecule has 1 rings (SSSR count). The van der Waals surface area contributed by atoms with Crippen molar-refractivity contribution >= 4 is 11.9 Å². The van der Waals surface area contributed by atoms with Crippen LogP contribution >= 0.6 is 0 Å². The maximum absolute atomic E-state index is 12.0. The predicted molar refractivity (Wildman–Crippen MR) is 70.9 cm³/mol. The van der Waals surface area contributed by atoms with Crippen molar-refractivity contribution in [2.45, 2.75) is 13.8 Å². The monoisotopic (exact) mass is 263 g/mol. The van der Waals surface area contributed by atoms with Gasteiger partial charge in [-0.2, -0.15) is 0 Å². The van der Waals surface area contributed by atoms with Crippen LogP contribution in [0.15, 0.2) is 36.0 Å². The highest BCUT2D eigenvalue weighted by Crippen LogP contribution is 2.17. The average molecular weight is 263 g/mol. The number of benzene rings is 1. The summed E-state index contributed by atoms with van der Waals surface area (Å²) >= 11 is 0. The molecule has 0 atom stereocenters. The maximum Gasteiger partial charge on any atom is 0.332 e. The Bertz CT molecular complexity index is 494. The van der Waals surface area contributed by atoms with Crippen molar-refractivity contribution in [2.75, 3.05) is 13.7 Å². The second-order valence-corrected chi connectivity index (χ2v) is 3.73. The Morgan fingerprint density at radius 2 is 2.00 bits per heavy atom. The Hall–Kier alpha value is -2.30. The minimum Gasteiger partial charge on any atom is -0.496 e. The summed E-state index contributed by atoms with van der Waals surface area (Å²) in [5, 5.41) is 2.60. The molecule has 0 spiro atoms. The average Bonchev–Trinajstić information content (AvgIpc) is 2.38. The van der Waals surface area contributed by atoms with E-state index in [2.05, 4.69) is 5.32 Å². The van der Waals surface area contributed by atoms with Crippen molar-refractivity contribution in [3.05, 3.63) is 41.6 Å². The van der Waals surface area contributed by atoms with Gasteiger partial charge in [-0.05, 0) is 26.0 Å². The first-order chi connectivity index (χ1) is 9.08. The van der Waals surface area contributed by atoms with Gasteiger partial charge in [0.1, 0.15) is 5.75 Å². The topological polar surface area (TPSA) is 64.6 Å². The lowest BCUT2D eigenvalue weighted by molar-refractivity contribution is -0.137. The summed E-state index contributed by atoms with van der Waals surface area (Å²) in [6.45, 7) is 3.63. The predicted octanol–water partition coefficient (Wildman–Crippen LogP) is 1.89. The first kappa shape index (κ1) is 14.8. The summed E-state index contributed by atoms with van der Waals surface area (Å²) in [7, 11) is 1.49. The van der Waals surface area contributed by atoms with Crippen LogP contribution < -0.4 is 10.1 Å². The van der Waals surface area contributed by atoms with Gasteiger partial charge in [0.2, 0.25) is 0 Å². The summed E-state index contributed by atoms with van der Waals surface area (Å²) in [6, 6.07) is 6.85.